The highest BCUT2D eigenvalue weighted by atomic mass is 16.5. The second-order valence-corrected chi connectivity index (χ2v) is 13.3. The second-order valence-electron chi connectivity index (χ2n) is 13.3. The van der Waals surface area contributed by atoms with Crippen LogP contribution in [0.15, 0.2) is 150 Å². The van der Waals surface area contributed by atoms with E-state index in [2.05, 4.69) is 97.1 Å². The molecule has 0 amide bonds. The number of ether oxygens (including phenoxy) is 1. The SMILES string of the molecule is C1=c2ccccc2=CC2c3c(cc(-c4cccc5oc6ccccc6c45)nc3-c3nc(-c4ccccc4)nc(-c4ccc5ccccc5c4)n3)OC12. The Balaban J connectivity index is 1.19. The van der Waals surface area contributed by atoms with Gasteiger partial charge in [-0.2, -0.15) is 0 Å². The first-order valence-electron chi connectivity index (χ1n) is 17.5. The minimum Gasteiger partial charge on any atom is -0.485 e. The van der Waals surface area contributed by atoms with Crippen LogP contribution in [0.1, 0.15) is 11.5 Å². The highest BCUT2D eigenvalue weighted by Gasteiger charge is 2.38. The van der Waals surface area contributed by atoms with Gasteiger partial charge < -0.3 is 9.15 Å². The molecule has 0 bridgehead atoms. The first-order valence-corrected chi connectivity index (χ1v) is 17.5. The van der Waals surface area contributed by atoms with Gasteiger partial charge in [-0.25, -0.2) is 19.9 Å². The smallest absolute Gasteiger partial charge is 0.182 e. The van der Waals surface area contributed by atoms with Gasteiger partial charge in [-0.15, -0.1) is 0 Å². The lowest BCUT2D eigenvalue weighted by Crippen LogP contribution is -2.34. The van der Waals surface area contributed by atoms with Crippen molar-refractivity contribution in [2.24, 2.45) is 0 Å². The minimum atomic E-state index is -0.193. The van der Waals surface area contributed by atoms with E-state index in [1.165, 1.54) is 5.22 Å². The number of aromatic nitrogens is 4. The predicted octanol–water partition coefficient (Wildman–Crippen LogP) is 9.11. The third kappa shape index (κ3) is 4.58. The van der Waals surface area contributed by atoms with Crippen molar-refractivity contribution in [2.75, 3.05) is 0 Å². The van der Waals surface area contributed by atoms with Crippen molar-refractivity contribution in [3.8, 4) is 51.3 Å². The summed E-state index contributed by atoms with van der Waals surface area (Å²) in [5, 5.41) is 6.65. The second kappa shape index (κ2) is 11.3. The molecule has 2 atom stereocenters. The van der Waals surface area contributed by atoms with Gasteiger partial charge in [-0.1, -0.05) is 127 Å². The van der Waals surface area contributed by atoms with Gasteiger partial charge >= 0.3 is 0 Å². The quantitative estimate of drug-likeness (QED) is 0.186. The molecule has 1 aliphatic carbocycles. The van der Waals surface area contributed by atoms with Gasteiger partial charge in [-0.3, -0.25) is 0 Å². The van der Waals surface area contributed by atoms with Gasteiger partial charge in [-0.05, 0) is 45.5 Å². The minimum absolute atomic E-state index is 0.0759. The Morgan fingerprint density at radius 1 is 0.500 bits per heavy atom. The number of benzene rings is 6. The van der Waals surface area contributed by atoms with Crippen molar-refractivity contribution in [2.45, 2.75) is 12.0 Å². The van der Waals surface area contributed by atoms with Crippen LogP contribution < -0.4 is 15.2 Å². The van der Waals surface area contributed by atoms with Gasteiger partial charge in [0.25, 0.3) is 0 Å². The topological polar surface area (TPSA) is 73.9 Å². The van der Waals surface area contributed by atoms with Gasteiger partial charge in [0.2, 0.25) is 0 Å². The predicted molar refractivity (Wildman–Crippen MR) is 206 cm³/mol. The van der Waals surface area contributed by atoms with Crippen molar-refractivity contribution >= 4 is 44.9 Å². The van der Waals surface area contributed by atoms with Crippen molar-refractivity contribution in [1.82, 2.24) is 19.9 Å². The average molecular weight is 669 g/mol. The molecule has 2 aliphatic rings. The first-order chi connectivity index (χ1) is 25.7. The molecule has 6 heteroatoms. The lowest BCUT2D eigenvalue weighted by Gasteiger charge is -2.17. The van der Waals surface area contributed by atoms with E-state index in [1.54, 1.807) is 0 Å². The molecule has 244 valence electrons. The molecule has 6 aromatic carbocycles. The maximum Gasteiger partial charge on any atom is 0.182 e. The summed E-state index contributed by atoms with van der Waals surface area (Å²) in [6.07, 6.45) is 4.32. The van der Waals surface area contributed by atoms with E-state index in [9.17, 15) is 0 Å². The fourth-order valence-electron chi connectivity index (χ4n) is 7.79. The van der Waals surface area contributed by atoms with E-state index in [0.29, 0.717) is 23.2 Å². The maximum absolute atomic E-state index is 6.83. The Morgan fingerprint density at radius 3 is 2.10 bits per heavy atom. The summed E-state index contributed by atoms with van der Waals surface area (Å²) in [4.78, 5) is 20.9. The van der Waals surface area contributed by atoms with Crippen LogP contribution in [0.5, 0.6) is 5.75 Å². The number of fused-ring (bicyclic) bond motifs is 8. The zero-order chi connectivity index (χ0) is 34.2. The van der Waals surface area contributed by atoms with Crippen LogP contribution in [0.4, 0.5) is 0 Å². The summed E-state index contributed by atoms with van der Waals surface area (Å²) in [6, 6.07) is 49.5. The molecule has 2 unspecified atom stereocenters. The van der Waals surface area contributed by atoms with Crippen LogP contribution in [-0.4, -0.2) is 26.0 Å². The lowest BCUT2D eigenvalue weighted by molar-refractivity contribution is 0.288. The Bertz CT molecular complexity index is 3020. The fourth-order valence-corrected chi connectivity index (χ4v) is 7.79. The number of furan rings is 1. The molecule has 3 aromatic heterocycles. The third-order valence-corrected chi connectivity index (χ3v) is 10.2. The van der Waals surface area contributed by atoms with E-state index in [1.807, 2.05) is 60.7 Å². The molecule has 0 spiro atoms. The highest BCUT2D eigenvalue weighted by molar-refractivity contribution is 6.12. The van der Waals surface area contributed by atoms with Crippen LogP contribution in [0, 0.1) is 0 Å². The number of pyridine rings is 1. The van der Waals surface area contributed by atoms with Crippen molar-refractivity contribution < 1.29 is 9.15 Å². The molecule has 0 radical (unpaired) electrons. The van der Waals surface area contributed by atoms with E-state index in [-0.39, 0.29) is 12.0 Å². The third-order valence-electron chi connectivity index (χ3n) is 10.2. The molecule has 0 N–H and O–H groups in total. The summed E-state index contributed by atoms with van der Waals surface area (Å²) in [5.74, 6) is 2.36. The van der Waals surface area contributed by atoms with Gasteiger partial charge in [0.1, 0.15) is 28.7 Å². The Hall–Kier alpha value is -6.92. The van der Waals surface area contributed by atoms with Crippen LogP contribution >= 0.6 is 0 Å². The summed E-state index contributed by atoms with van der Waals surface area (Å²) in [7, 11) is 0. The highest BCUT2D eigenvalue weighted by Crippen LogP contribution is 2.48. The van der Waals surface area contributed by atoms with Crippen LogP contribution in [0.3, 0.4) is 0 Å². The molecule has 4 heterocycles. The molecule has 9 aromatic rings. The monoisotopic (exact) mass is 668 g/mol. The summed E-state index contributed by atoms with van der Waals surface area (Å²) >= 11 is 0. The molecule has 6 nitrogen and oxygen atoms in total. The summed E-state index contributed by atoms with van der Waals surface area (Å²) < 4.78 is 13.1. The van der Waals surface area contributed by atoms with Gasteiger partial charge in [0, 0.05) is 45.0 Å². The summed E-state index contributed by atoms with van der Waals surface area (Å²) in [5.41, 5.74) is 6.80. The van der Waals surface area contributed by atoms with Gasteiger partial charge in [0.05, 0.1) is 5.69 Å². The van der Waals surface area contributed by atoms with Crippen molar-refractivity contribution in [1.29, 1.82) is 0 Å². The largest absolute Gasteiger partial charge is 0.485 e. The normalized spacial score (nSPS) is 15.8. The van der Waals surface area contributed by atoms with Crippen molar-refractivity contribution in [3.05, 3.63) is 162 Å². The Labute approximate surface area is 298 Å². The lowest BCUT2D eigenvalue weighted by atomic mass is 9.88. The van der Waals surface area contributed by atoms with E-state index >= 15 is 0 Å². The fraction of sp³-hybridized carbons (Fsp3) is 0.0435. The molecule has 1 aliphatic heterocycles. The van der Waals surface area contributed by atoms with E-state index < -0.39 is 0 Å². The summed E-state index contributed by atoms with van der Waals surface area (Å²) in [6.45, 7) is 0. The average Bonchev–Trinajstić information content (AvgIpc) is 3.77. The van der Waals surface area contributed by atoms with Gasteiger partial charge in [0.15, 0.2) is 17.5 Å². The van der Waals surface area contributed by atoms with E-state index in [4.69, 9.17) is 29.1 Å². The molecule has 0 saturated heterocycles. The number of hydrogen-bond acceptors (Lipinski definition) is 6. The molecule has 11 rings (SSSR count). The molecule has 52 heavy (non-hydrogen) atoms. The molecule has 0 fully saturated rings. The number of nitrogens with zero attached hydrogens (tertiary/aromatic N) is 4. The zero-order valence-corrected chi connectivity index (χ0v) is 27.8. The molecule has 0 saturated carbocycles. The maximum atomic E-state index is 6.83. The van der Waals surface area contributed by atoms with Crippen LogP contribution in [-0.2, 0) is 0 Å². The van der Waals surface area contributed by atoms with Crippen LogP contribution in [0.2, 0.25) is 0 Å². The molecular formula is C46H28N4O2. The number of hydrogen-bond donors (Lipinski definition) is 0. The Morgan fingerprint density at radius 2 is 1.21 bits per heavy atom. The van der Waals surface area contributed by atoms with Crippen molar-refractivity contribution in [3.63, 3.8) is 0 Å². The Kier molecular flexibility index (Phi) is 6.28. The number of rotatable bonds is 4. The first kappa shape index (κ1) is 28.9. The standard InChI is InChI=1S/C46H28N4O2/c1-2-12-28(13-3-1)44-48-45(32-22-21-27-11-4-5-14-29(27)23-32)50-46(49-44)43-42-35-24-30-15-6-7-16-31(30)25-39(35)52-40(42)26-36(47-43)33-18-10-20-38-41(33)34-17-8-9-19-37(34)51-38/h1-26,35,39H. The van der Waals surface area contributed by atoms with Crippen LogP contribution in [0.25, 0.3) is 90.4 Å². The number of para-hydroxylation sites is 1. The zero-order valence-electron chi connectivity index (χ0n) is 27.8. The van der Waals surface area contributed by atoms with E-state index in [0.717, 1.165) is 71.6 Å². The molecular weight excluding hydrogens is 641 g/mol.